The zero-order valence-corrected chi connectivity index (χ0v) is 14.0. The molecule has 1 atom stereocenters. The molecule has 0 aliphatic heterocycles. The Bertz CT molecular complexity index is 934. The summed E-state index contributed by atoms with van der Waals surface area (Å²) in [6.45, 7) is 0. The highest BCUT2D eigenvalue weighted by Gasteiger charge is 2.36. The molecule has 1 fully saturated rings. The number of halogens is 1. The second kappa shape index (κ2) is 6.80. The molecule has 0 bridgehead atoms. The first-order valence-corrected chi connectivity index (χ1v) is 8.56. The van der Waals surface area contributed by atoms with E-state index in [1.54, 1.807) is 42.7 Å². The first-order chi connectivity index (χ1) is 12.6. The maximum absolute atomic E-state index is 13.3. The van der Waals surface area contributed by atoms with Crippen LogP contribution in [-0.2, 0) is 0 Å². The SMILES string of the molecule is O=C(N[C@H](c1ccc(F)cc1)C1CC(O)C1)c1cccc2nccnc12. The molecule has 5 nitrogen and oxygen atoms in total. The lowest BCUT2D eigenvalue weighted by Gasteiger charge is -2.38. The highest BCUT2D eigenvalue weighted by molar-refractivity contribution is 6.04. The van der Waals surface area contributed by atoms with Crippen LogP contribution in [0.15, 0.2) is 54.9 Å². The van der Waals surface area contributed by atoms with Crippen LogP contribution in [0.4, 0.5) is 4.39 Å². The molecule has 1 aromatic heterocycles. The quantitative estimate of drug-likeness (QED) is 0.758. The van der Waals surface area contributed by atoms with Crippen molar-refractivity contribution in [3.8, 4) is 0 Å². The number of hydrogen-bond acceptors (Lipinski definition) is 4. The minimum absolute atomic E-state index is 0.112. The van der Waals surface area contributed by atoms with E-state index in [0.29, 0.717) is 29.4 Å². The van der Waals surface area contributed by atoms with Gasteiger partial charge in [-0.2, -0.15) is 0 Å². The van der Waals surface area contributed by atoms with Crippen molar-refractivity contribution < 1.29 is 14.3 Å². The van der Waals surface area contributed by atoms with Crippen molar-refractivity contribution in [1.82, 2.24) is 15.3 Å². The van der Waals surface area contributed by atoms with E-state index < -0.39 is 0 Å². The lowest BCUT2D eigenvalue weighted by Crippen LogP contribution is -2.41. The molecule has 3 aromatic rings. The van der Waals surface area contributed by atoms with Gasteiger partial charge in [0.15, 0.2) is 0 Å². The Balaban J connectivity index is 1.64. The van der Waals surface area contributed by atoms with Gasteiger partial charge < -0.3 is 10.4 Å². The Labute approximate surface area is 149 Å². The van der Waals surface area contributed by atoms with E-state index in [2.05, 4.69) is 15.3 Å². The second-order valence-electron chi connectivity index (χ2n) is 6.62. The summed E-state index contributed by atoms with van der Waals surface area (Å²) < 4.78 is 13.3. The van der Waals surface area contributed by atoms with Gasteiger partial charge in [0.25, 0.3) is 5.91 Å². The van der Waals surface area contributed by atoms with Crippen LogP contribution in [0.3, 0.4) is 0 Å². The average molecular weight is 351 g/mol. The zero-order chi connectivity index (χ0) is 18.1. The smallest absolute Gasteiger partial charge is 0.254 e. The molecule has 132 valence electrons. The number of para-hydroxylation sites is 1. The van der Waals surface area contributed by atoms with Gasteiger partial charge in [-0.05, 0) is 48.6 Å². The van der Waals surface area contributed by atoms with Gasteiger partial charge in [-0.25, -0.2) is 4.39 Å². The van der Waals surface area contributed by atoms with Gasteiger partial charge in [0.2, 0.25) is 0 Å². The van der Waals surface area contributed by atoms with Gasteiger partial charge >= 0.3 is 0 Å². The molecular formula is C20H18FN3O2. The number of amides is 1. The number of nitrogens with one attached hydrogen (secondary N) is 1. The minimum Gasteiger partial charge on any atom is -0.393 e. The number of benzene rings is 2. The summed E-state index contributed by atoms with van der Waals surface area (Å²) in [7, 11) is 0. The summed E-state index contributed by atoms with van der Waals surface area (Å²) in [6, 6.07) is 11.1. The first kappa shape index (κ1) is 16.6. The molecule has 1 aliphatic carbocycles. The Morgan fingerprint density at radius 3 is 2.58 bits per heavy atom. The van der Waals surface area contributed by atoms with Gasteiger partial charge in [-0.3, -0.25) is 14.8 Å². The van der Waals surface area contributed by atoms with Gasteiger partial charge in [0, 0.05) is 12.4 Å². The third-order valence-electron chi connectivity index (χ3n) is 4.88. The zero-order valence-electron chi connectivity index (χ0n) is 14.0. The van der Waals surface area contributed by atoms with E-state index in [9.17, 15) is 14.3 Å². The molecular weight excluding hydrogens is 333 g/mol. The molecule has 6 heteroatoms. The number of aromatic nitrogens is 2. The largest absolute Gasteiger partial charge is 0.393 e. The molecule has 1 heterocycles. The fourth-order valence-electron chi connectivity index (χ4n) is 3.44. The van der Waals surface area contributed by atoms with Crippen LogP contribution in [-0.4, -0.2) is 27.1 Å². The van der Waals surface area contributed by atoms with Gasteiger partial charge in [0.1, 0.15) is 11.3 Å². The Kier molecular flexibility index (Phi) is 4.34. The van der Waals surface area contributed by atoms with Crippen LogP contribution in [0.5, 0.6) is 0 Å². The Morgan fingerprint density at radius 1 is 1.12 bits per heavy atom. The number of nitrogens with zero attached hydrogens (tertiary/aromatic N) is 2. The topological polar surface area (TPSA) is 75.1 Å². The monoisotopic (exact) mass is 351 g/mol. The molecule has 1 saturated carbocycles. The fraction of sp³-hybridized carbons (Fsp3) is 0.250. The number of hydrogen-bond donors (Lipinski definition) is 2. The molecule has 1 aliphatic rings. The first-order valence-electron chi connectivity index (χ1n) is 8.56. The maximum atomic E-state index is 13.3. The molecule has 0 spiro atoms. The molecule has 0 unspecified atom stereocenters. The summed E-state index contributed by atoms with van der Waals surface area (Å²) in [4.78, 5) is 21.4. The molecule has 2 aromatic carbocycles. The molecule has 1 amide bonds. The van der Waals surface area contributed by atoms with Crippen molar-refractivity contribution in [3.05, 3.63) is 71.8 Å². The van der Waals surface area contributed by atoms with E-state index in [-0.39, 0.29) is 29.8 Å². The van der Waals surface area contributed by atoms with E-state index in [1.807, 2.05) is 0 Å². The number of aliphatic hydroxyl groups excluding tert-OH is 1. The maximum Gasteiger partial charge on any atom is 0.254 e. The fourth-order valence-corrected chi connectivity index (χ4v) is 3.44. The van der Waals surface area contributed by atoms with Crippen LogP contribution in [0.1, 0.15) is 34.8 Å². The standard InChI is InChI=1S/C20H18FN3O2/c21-14-6-4-12(5-7-14)18(13-10-15(25)11-13)24-20(26)16-2-1-3-17-19(16)23-9-8-22-17/h1-9,13,15,18,25H,10-11H2,(H,24,26)/t13?,15?,18-/m1/s1. The number of carbonyl (C=O) groups is 1. The van der Waals surface area contributed by atoms with Crippen molar-refractivity contribution in [1.29, 1.82) is 0 Å². The van der Waals surface area contributed by atoms with Crippen molar-refractivity contribution >= 4 is 16.9 Å². The molecule has 2 N–H and O–H groups in total. The average Bonchev–Trinajstić information content (AvgIpc) is 2.64. The van der Waals surface area contributed by atoms with E-state index in [4.69, 9.17) is 0 Å². The summed E-state index contributed by atoms with van der Waals surface area (Å²) >= 11 is 0. The van der Waals surface area contributed by atoms with Crippen LogP contribution in [0, 0.1) is 11.7 Å². The van der Waals surface area contributed by atoms with Crippen molar-refractivity contribution in [2.24, 2.45) is 5.92 Å². The predicted molar refractivity (Wildman–Crippen MR) is 94.9 cm³/mol. The number of aliphatic hydroxyl groups is 1. The molecule has 0 saturated heterocycles. The van der Waals surface area contributed by atoms with E-state index in [0.717, 1.165) is 5.56 Å². The van der Waals surface area contributed by atoms with E-state index in [1.165, 1.54) is 12.1 Å². The minimum atomic E-state index is -0.344. The van der Waals surface area contributed by atoms with Crippen LogP contribution in [0.25, 0.3) is 11.0 Å². The lowest BCUT2D eigenvalue weighted by atomic mass is 9.75. The second-order valence-corrected chi connectivity index (χ2v) is 6.62. The summed E-state index contributed by atoms with van der Waals surface area (Å²) in [5, 5.41) is 12.7. The Hall–Kier alpha value is -2.86. The van der Waals surface area contributed by atoms with Crippen LogP contribution in [0.2, 0.25) is 0 Å². The van der Waals surface area contributed by atoms with Crippen LogP contribution < -0.4 is 5.32 Å². The molecule has 26 heavy (non-hydrogen) atoms. The number of rotatable bonds is 4. The summed E-state index contributed by atoms with van der Waals surface area (Å²) in [5.41, 5.74) is 2.46. The van der Waals surface area contributed by atoms with Crippen molar-refractivity contribution in [3.63, 3.8) is 0 Å². The van der Waals surface area contributed by atoms with E-state index >= 15 is 0 Å². The molecule has 0 radical (unpaired) electrons. The van der Waals surface area contributed by atoms with Crippen molar-refractivity contribution in [2.45, 2.75) is 25.0 Å². The van der Waals surface area contributed by atoms with Gasteiger partial charge in [-0.15, -0.1) is 0 Å². The summed E-state index contributed by atoms with van der Waals surface area (Å²) in [6.07, 6.45) is 4.01. The summed E-state index contributed by atoms with van der Waals surface area (Å²) in [5.74, 6) is -0.468. The normalized spacial score (nSPS) is 20.4. The van der Waals surface area contributed by atoms with Crippen molar-refractivity contribution in [2.75, 3.05) is 0 Å². The highest BCUT2D eigenvalue weighted by Crippen LogP contribution is 2.38. The Morgan fingerprint density at radius 2 is 1.85 bits per heavy atom. The number of fused-ring (bicyclic) bond motifs is 1. The lowest BCUT2D eigenvalue weighted by molar-refractivity contribution is 0.0235. The van der Waals surface area contributed by atoms with Crippen LogP contribution >= 0.6 is 0 Å². The number of carbonyl (C=O) groups excluding carboxylic acids is 1. The third-order valence-corrected chi connectivity index (χ3v) is 4.88. The van der Waals surface area contributed by atoms with Gasteiger partial charge in [0.05, 0.1) is 23.2 Å². The highest BCUT2D eigenvalue weighted by atomic mass is 19.1. The third kappa shape index (κ3) is 3.15. The molecule has 4 rings (SSSR count). The van der Waals surface area contributed by atoms with Gasteiger partial charge in [-0.1, -0.05) is 18.2 Å². The predicted octanol–water partition coefficient (Wildman–Crippen LogP) is 3.01.